The van der Waals surface area contributed by atoms with Gasteiger partial charge >= 0.3 is 0 Å². The summed E-state index contributed by atoms with van der Waals surface area (Å²) in [6.45, 7) is 5.67. The van der Waals surface area contributed by atoms with E-state index in [9.17, 15) is 0 Å². The van der Waals surface area contributed by atoms with E-state index in [4.69, 9.17) is 4.43 Å². The fraction of sp³-hybridized carbons (Fsp3) is 1.00. The summed E-state index contributed by atoms with van der Waals surface area (Å²) in [5.74, 6) is 0. The molecule has 0 atom stereocenters. The van der Waals surface area contributed by atoms with Crippen molar-refractivity contribution in [2.24, 2.45) is 0 Å². The molecule has 2 heteroatoms. The monoisotopic (exact) mass is 242 g/mol. The highest BCUT2D eigenvalue weighted by Crippen LogP contribution is 2.33. The average molecular weight is 242 g/mol. The van der Waals surface area contributed by atoms with Crippen molar-refractivity contribution in [3.8, 4) is 0 Å². The zero-order chi connectivity index (χ0) is 11.7. The van der Waals surface area contributed by atoms with Gasteiger partial charge in [-0.25, -0.2) is 0 Å². The SMILES string of the molecule is CCCCC[Si]1(CCCCC)CCCCO1. The van der Waals surface area contributed by atoms with E-state index in [0.29, 0.717) is 0 Å². The first-order valence-electron chi connectivity index (χ1n) is 7.47. The number of hydrogen-bond acceptors (Lipinski definition) is 1. The normalized spacial score (nSPS) is 19.9. The fourth-order valence-corrected chi connectivity index (χ4v) is 7.27. The van der Waals surface area contributed by atoms with Crippen LogP contribution >= 0.6 is 0 Å². The second kappa shape index (κ2) is 8.29. The van der Waals surface area contributed by atoms with E-state index in [-0.39, 0.29) is 0 Å². The van der Waals surface area contributed by atoms with Gasteiger partial charge in [-0.15, -0.1) is 0 Å². The van der Waals surface area contributed by atoms with Crippen LogP contribution in [-0.2, 0) is 4.43 Å². The fourth-order valence-electron chi connectivity index (χ4n) is 2.82. The molecular formula is C14H30OSi. The first-order chi connectivity index (χ1) is 7.83. The summed E-state index contributed by atoms with van der Waals surface area (Å²) >= 11 is 0. The zero-order valence-corrected chi connectivity index (χ0v) is 12.4. The van der Waals surface area contributed by atoms with Crippen LogP contribution in [0.25, 0.3) is 0 Å². The Morgan fingerprint density at radius 1 is 0.875 bits per heavy atom. The van der Waals surface area contributed by atoms with E-state index in [0.717, 1.165) is 6.61 Å². The van der Waals surface area contributed by atoms with Crippen molar-refractivity contribution >= 4 is 8.32 Å². The van der Waals surface area contributed by atoms with E-state index in [2.05, 4.69) is 13.8 Å². The van der Waals surface area contributed by atoms with Gasteiger partial charge in [0.15, 0.2) is 8.32 Å². The number of unbranched alkanes of at least 4 members (excludes halogenated alkanes) is 4. The lowest BCUT2D eigenvalue weighted by Gasteiger charge is -2.35. The molecule has 0 aromatic rings. The summed E-state index contributed by atoms with van der Waals surface area (Å²) in [7, 11) is -1.26. The van der Waals surface area contributed by atoms with Crippen LogP contribution < -0.4 is 0 Å². The standard InChI is InChI=1S/C14H30OSi/c1-3-5-8-12-16(13-9-6-4-2)14-10-7-11-15-16/h3-14H2,1-2H3. The first kappa shape index (κ1) is 14.2. The third-order valence-corrected chi connectivity index (χ3v) is 8.52. The van der Waals surface area contributed by atoms with Crippen LogP contribution in [0.2, 0.25) is 18.1 Å². The minimum absolute atomic E-state index is 1.07. The molecule has 0 spiro atoms. The van der Waals surface area contributed by atoms with Gasteiger partial charge in [0.25, 0.3) is 0 Å². The summed E-state index contributed by atoms with van der Waals surface area (Å²) in [5.41, 5.74) is 0. The molecule has 1 saturated heterocycles. The van der Waals surface area contributed by atoms with Gasteiger partial charge in [0, 0.05) is 6.61 Å². The van der Waals surface area contributed by atoms with Crippen molar-refractivity contribution in [1.29, 1.82) is 0 Å². The van der Waals surface area contributed by atoms with Gasteiger partial charge in [-0.05, 0) is 24.6 Å². The highest BCUT2D eigenvalue weighted by Gasteiger charge is 2.35. The predicted molar refractivity (Wildman–Crippen MR) is 74.4 cm³/mol. The Labute approximate surface area is 103 Å². The molecule has 0 amide bonds. The smallest absolute Gasteiger partial charge is 0.192 e. The molecule has 1 aliphatic heterocycles. The predicted octanol–water partition coefficient (Wildman–Crippen LogP) is 5.12. The quantitative estimate of drug-likeness (QED) is 0.424. The molecule has 0 aliphatic carbocycles. The summed E-state index contributed by atoms with van der Waals surface area (Å²) in [4.78, 5) is 0. The van der Waals surface area contributed by atoms with Crippen LogP contribution in [0.1, 0.15) is 65.2 Å². The number of rotatable bonds is 8. The van der Waals surface area contributed by atoms with Crippen molar-refractivity contribution in [1.82, 2.24) is 0 Å². The Bertz CT molecular complexity index is 152. The van der Waals surface area contributed by atoms with Crippen LogP contribution in [0.15, 0.2) is 0 Å². The molecule has 16 heavy (non-hydrogen) atoms. The Morgan fingerprint density at radius 3 is 1.94 bits per heavy atom. The molecule has 0 radical (unpaired) electrons. The van der Waals surface area contributed by atoms with E-state index >= 15 is 0 Å². The van der Waals surface area contributed by atoms with Crippen LogP contribution in [-0.4, -0.2) is 14.9 Å². The largest absolute Gasteiger partial charge is 0.417 e. The van der Waals surface area contributed by atoms with Crippen molar-refractivity contribution in [3.63, 3.8) is 0 Å². The lowest BCUT2D eigenvalue weighted by molar-refractivity contribution is 0.263. The molecule has 1 rings (SSSR count). The Morgan fingerprint density at radius 2 is 1.50 bits per heavy atom. The van der Waals surface area contributed by atoms with Crippen LogP contribution in [0.5, 0.6) is 0 Å². The topological polar surface area (TPSA) is 9.23 Å². The maximum absolute atomic E-state index is 6.30. The maximum atomic E-state index is 6.30. The Balaban J connectivity index is 2.33. The summed E-state index contributed by atoms with van der Waals surface area (Å²) < 4.78 is 6.30. The van der Waals surface area contributed by atoms with E-state index < -0.39 is 8.32 Å². The highest BCUT2D eigenvalue weighted by atomic mass is 28.4. The van der Waals surface area contributed by atoms with Crippen molar-refractivity contribution in [2.45, 2.75) is 83.3 Å². The van der Waals surface area contributed by atoms with E-state index in [1.165, 1.54) is 69.5 Å². The zero-order valence-electron chi connectivity index (χ0n) is 11.4. The summed E-state index contributed by atoms with van der Waals surface area (Å²) in [6, 6.07) is 4.36. The molecule has 0 aromatic heterocycles. The third-order valence-electron chi connectivity index (χ3n) is 3.91. The second-order valence-electron chi connectivity index (χ2n) is 5.40. The molecule has 96 valence electrons. The van der Waals surface area contributed by atoms with Gasteiger partial charge < -0.3 is 4.43 Å². The number of hydrogen-bond donors (Lipinski definition) is 0. The van der Waals surface area contributed by atoms with E-state index in [1.807, 2.05) is 0 Å². The van der Waals surface area contributed by atoms with Gasteiger partial charge in [0.1, 0.15) is 0 Å². The molecule has 0 N–H and O–H groups in total. The van der Waals surface area contributed by atoms with Gasteiger partial charge in [0.2, 0.25) is 0 Å². The van der Waals surface area contributed by atoms with Gasteiger partial charge in [-0.3, -0.25) is 0 Å². The summed E-state index contributed by atoms with van der Waals surface area (Å²) in [5, 5.41) is 0. The lowest BCUT2D eigenvalue weighted by Crippen LogP contribution is -2.41. The average Bonchev–Trinajstić information content (AvgIpc) is 2.31. The molecule has 0 unspecified atom stereocenters. The molecule has 1 nitrogen and oxygen atoms in total. The first-order valence-corrected chi connectivity index (χ1v) is 10.00. The van der Waals surface area contributed by atoms with Crippen LogP contribution in [0, 0.1) is 0 Å². The van der Waals surface area contributed by atoms with Crippen molar-refractivity contribution in [3.05, 3.63) is 0 Å². The maximum Gasteiger partial charge on any atom is 0.192 e. The molecular weight excluding hydrogens is 212 g/mol. The minimum Gasteiger partial charge on any atom is -0.417 e. The molecule has 1 fully saturated rings. The van der Waals surface area contributed by atoms with Crippen LogP contribution in [0.3, 0.4) is 0 Å². The van der Waals surface area contributed by atoms with Gasteiger partial charge in [-0.1, -0.05) is 58.8 Å². The Kier molecular flexibility index (Phi) is 7.38. The third kappa shape index (κ3) is 5.01. The molecule has 1 heterocycles. The Hall–Kier alpha value is 0.177. The van der Waals surface area contributed by atoms with E-state index in [1.54, 1.807) is 0 Å². The van der Waals surface area contributed by atoms with Crippen molar-refractivity contribution in [2.75, 3.05) is 6.61 Å². The highest BCUT2D eigenvalue weighted by molar-refractivity contribution is 6.73. The van der Waals surface area contributed by atoms with Crippen molar-refractivity contribution < 1.29 is 4.43 Å². The second-order valence-corrected chi connectivity index (χ2v) is 9.56. The summed E-state index contributed by atoms with van der Waals surface area (Å²) in [6.07, 6.45) is 11.1. The molecule has 0 saturated carbocycles. The van der Waals surface area contributed by atoms with Gasteiger partial charge in [-0.2, -0.15) is 0 Å². The van der Waals surface area contributed by atoms with Crippen LogP contribution in [0.4, 0.5) is 0 Å². The minimum atomic E-state index is -1.26. The molecule has 0 aromatic carbocycles. The molecule has 1 aliphatic rings. The van der Waals surface area contributed by atoms with Gasteiger partial charge in [0.05, 0.1) is 0 Å². The lowest BCUT2D eigenvalue weighted by atomic mass is 10.3. The molecule has 0 bridgehead atoms.